The summed E-state index contributed by atoms with van der Waals surface area (Å²) in [6.07, 6.45) is 2.74. The number of nitrogens with zero attached hydrogens (tertiary/aromatic N) is 2. The van der Waals surface area contributed by atoms with E-state index in [0.717, 1.165) is 6.42 Å². The zero-order chi connectivity index (χ0) is 20.6. The Hall–Kier alpha value is -1.58. The molecular weight excluding hydrogens is 410 g/mol. The first-order valence-corrected chi connectivity index (χ1v) is 12.5. The Morgan fingerprint density at radius 3 is 2.62 bits per heavy atom. The molecule has 29 heavy (non-hydrogen) atoms. The lowest BCUT2D eigenvalue weighted by Gasteiger charge is -2.32. The number of nitrogens with one attached hydrogen (secondary N) is 1. The van der Waals surface area contributed by atoms with E-state index in [9.17, 15) is 18.0 Å². The summed E-state index contributed by atoms with van der Waals surface area (Å²) in [6.45, 7) is 3.48. The SMILES string of the molecule is CC12CCC(=O)N1C(C(=O)NCC1CCN(S(=O)(=O)c3ccccc3)CC1)CS2. The molecule has 3 aliphatic heterocycles. The van der Waals surface area contributed by atoms with Crippen LogP contribution in [0.15, 0.2) is 35.2 Å². The fraction of sp³-hybridized carbons (Fsp3) is 0.600. The minimum absolute atomic E-state index is 0.0667. The monoisotopic (exact) mass is 437 g/mol. The molecule has 1 aromatic rings. The molecule has 3 fully saturated rings. The highest BCUT2D eigenvalue weighted by atomic mass is 32.2. The highest BCUT2D eigenvalue weighted by Gasteiger charge is 2.52. The summed E-state index contributed by atoms with van der Waals surface area (Å²) in [5.41, 5.74) is 0. The molecule has 2 atom stereocenters. The van der Waals surface area contributed by atoms with Crippen LogP contribution in [0.4, 0.5) is 0 Å². The Morgan fingerprint density at radius 1 is 1.24 bits per heavy atom. The molecule has 0 aromatic heterocycles. The van der Waals surface area contributed by atoms with Crippen LogP contribution in [0.2, 0.25) is 0 Å². The molecule has 1 aromatic carbocycles. The van der Waals surface area contributed by atoms with E-state index in [1.807, 2.05) is 6.92 Å². The first-order chi connectivity index (χ1) is 13.8. The fourth-order valence-corrected chi connectivity index (χ4v) is 7.40. The van der Waals surface area contributed by atoms with Crippen LogP contribution in [0.5, 0.6) is 0 Å². The highest BCUT2D eigenvalue weighted by Crippen LogP contribution is 2.47. The molecule has 1 N–H and O–H groups in total. The Bertz CT molecular complexity index is 884. The van der Waals surface area contributed by atoms with E-state index in [4.69, 9.17) is 0 Å². The lowest BCUT2D eigenvalue weighted by molar-refractivity contribution is -0.138. The fourth-order valence-electron chi connectivity index (χ4n) is 4.47. The quantitative estimate of drug-likeness (QED) is 0.757. The lowest BCUT2D eigenvalue weighted by atomic mass is 9.98. The van der Waals surface area contributed by atoms with Crippen molar-refractivity contribution in [1.29, 1.82) is 0 Å². The van der Waals surface area contributed by atoms with Crippen LogP contribution in [0.1, 0.15) is 32.6 Å². The number of thioether (sulfide) groups is 1. The van der Waals surface area contributed by atoms with Crippen molar-refractivity contribution in [1.82, 2.24) is 14.5 Å². The standard InChI is InChI=1S/C20H27N3O4S2/c1-20-10-7-18(24)23(20)17(14-28-20)19(25)21-13-15-8-11-22(12-9-15)29(26,27)16-5-3-2-4-6-16/h2-6,15,17H,7-14H2,1H3,(H,21,25). The molecule has 0 aliphatic carbocycles. The molecule has 0 spiro atoms. The average molecular weight is 438 g/mol. The highest BCUT2D eigenvalue weighted by molar-refractivity contribution is 8.01. The van der Waals surface area contributed by atoms with Gasteiger partial charge in [0.1, 0.15) is 6.04 Å². The third kappa shape index (κ3) is 3.92. The zero-order valence-electron chi connectivity index (χ0n) is 16.5. The maximum Gasteiger partial charge on any atom is 0.243 e. The van der Waals surface area contributed by atoms with Gasteiger partial charge in [0.05, 0.1) is 9.77 Å². The van der Waals surface area contributed by atoms with Crippen LogP contribution < -0.4 is 5.32 Å². The Labute approximate surface area is 176 Å². The predicted octanol–water partition coefficient (Wildman–Crippen LogP) is 1.66. The molecular formula is C20H27N3O4S2. The maximum atomic E-state index is 12.7. The molecule has 4 rings (SSSR count). The van der Waals surface area contributed by atoms with Gasteiger partial charge in [-0.3, -0.25) is 9.59 Å². The van der Waals surface area contributed by atoms with Crippen molar-refractivity contribution in [3.63, 3.8) is 0 Å². The van der Waals surface area contributed by atoms with Crippen molar-refractivity contribution in [2.75, 3.05) is 25.4 Å². The van der Waals surface area contributed by atoms with Gasteiger partial charge in [0.15, 0.2) is 0 Å². The van der Waals surface area contributed by atoms with Crippen molar-refractivity contribution >= 4 is 33.6 Å². The number of carbonyl (C=O) groups excluding carboxylic acids is 2. The molecule has 9 heteroatoms. The minimum atomic E-state index is -3.45. The van der Waals surface area contributed by atoms with Gasteiger partial charge < -0.3 is 10.2 Å². The van der Waals surface area contributed by atoms with Crippen molar-refractivity contribution in [3.8, 4) is 0 Å². The second kappa shape index (κ2) is 7.92. The first-order valence-electron chi connectivity index (χ1n) is 10.1. The second-order valence-electron chi connectivity index (χ2n) is 8.17. The van der Waals surface area contributed by atoms with Crippen LogP contribution in [-0.2, 0) is 19.6 Å². The van der Waals surface area contributed by atoms with Crippen LogP contribution >= 0.6 is 11.8 Å². The summed E-state index contributed by atoms with van der Waals surface area (Å²) >= 11 is 1.69. The molecule has 7 nitrogen and oxygen atoms in total. The number of hydrogen-bond acceptors (Lipinski definition) is 5. The second-order valence-corrected chi connectivity index (χ2v) is 11.6. The number of benzene rings is 1. The molecule has 158 valence electrons. The predicted molar refractivity (Wildman–Crippen MR) is 112 cm³/mol. The van der Waals surface area contributed by atoms with Crippen molar-refractivity contribution < 1.29 is 18.0 Å². The van der Waals surface area contributed by atoms with E-state index in [2.05, 4.69) is 5.32 Å². The topological polar surface area (TPSA) is 86.8 Å². The largest absolute Gasteiger partial charge is 0.354 e. The zero-order valence-corrected chi connectivity index (χ0v) is 18.2. The van der Waals surface area contributed by atoms with E-state index in [0.29, 0.717) is 49.5 Å². The van der Waals surface area contributed by atoms with Gasteiger partial charge in [0.2, 0.25) is 21.8 Å². The van der Waals surface area contributed by atoms with Gasteiger partial charge in [-0.25, -0.2) is 8.42 Å². The van der Waals surface area contributed by atoms with Crippen molar-refractivity contribution in [2.24, 2.45) is 5.92 Å². The average Bonchev–Trinajstić information content (AvgIpc) is 3.23. The van der Waals surface area contributed by atoms with E-state index < -0.39 is 16.1 Å². The molecule has 3 saturated heterocycles. The van der Waals surface area contributed by atoms with E-state index in [-0.39, 0.29) is 22.6 Å². The number of rotatable bonds is 5. The Kier molecular flexibility index (Phi) is 5.65. The summed E-state index contributed by atoms with van der Waals surface area (Å²) in [5.74, 6) is 0.866. The van der Waals surface area contributed by atoms with Gasteiger partial charge in [-0.1, -0.05) is 18.2 Å². The number of hydrogen-bond donors (Lipinski definition) is 1. The normalized spacial score (nSPS) is 28.5. The van der Waals surface area contributed by atoms with E-state index in [1.165, 1.54) is 4.31 Å². The summed E-state index contributed by atoms with van der Waals surface area (Å²) in [4.78, 5) is 26.8. The third-order valence-corrected chi connectivity index (χ3v) is 9.68. The molecule has 2 unspecified atom stereocenters. The summed E-state index contributed by atoms with van der Waals surface area (Å²) in [6, 6.07) is 8.11. The number of piperidine rings is 1. The molecule has 0 saturated carbocycles. The van der Waals surface area contributed by atoms with E-state index in [1.54, 1.807) is 47.0 Å². The minimum Gasteiger partial charge on any atom is -0.354 e. The van der Waals surface area contributed by atoms with Gasteiger partial charge in [-0.15, -0.1) is 11.8 Å². The maximum absolute atomic E-state index is 12.7. The van der Waals surface area contributed by atoms with E-state index >= 15 is 0 Å². The molecule has 0 bridgehead atoms. The summed E-state index contributed by atoms with van der Waals surface area (Å²) < 4.78 is 27.0. The number of carbonyl (C=O) groups is 2. The van der Waals surface area contributed by atoms with Gasteiger partial charge >= 0.3 is 0 Å². The lowest BCUT2D eigenvalue weighted by Crippen LogP contribution is -2.51. The number of sulfonamides is 1. The van der Waals surface area contributed by atoms with Crippen LogP contribution in [0.25, 0.3) is 0 Å². The summed E-state index contributed by atoms with van der Waals surface area (Å²) in [7, 11) is -3.45. The van der Waals surface area contributed by atoms with Gasteiger partial charge in [0, 0.05) is 31.8 Å². The van der Waals surface area contributed by atoms with Crippen LogP contribution in [-0.4, -0.2) is 65.7 Å². The van der Waals surface area contributed by atoms with Crippen molar-refractivity contribution in [3.05, 3.63) is 30.3 Å². The number of fused-ring (bicyclic) bond motifs is 1. The smallest absolute Gasteiger partial charge is 0.243 e. The summed E-state index contributed by atoms with van der Waals surface area (Å²) in [5, 5.41) is 3.02. The Balaban J connectivity index is 1.28. The van der Waals surface area contributed by atoms with Gasteiger partial charge in [-0.05, 0) is 44.2 Å². The van der Waals surface area contributed by atoms with Crippen LogP contribution in [0, 0.1) is 5.92 Å². The molecule has 3 heterocycles. The van der Waals surface area contributed by atoms with Gasteiger partial charge in [0.25, 0.3) is 0 Å². The Morgan fingerprint density at radius 2 is 1.93 bits per heavy atom. The number of amides is 2. The molecule has 2 amide bonds. The third-order valence-electron chi connectivity index (χ3n) is 6.27. The molecule has 3 aliphatic rings. The molecule has 0 radical (unpaired) electrons. The van der Waals surface area contributed by atoms with Crippen LogP contribution in [0.3, 0.4) is 0 Å². The van der Waals surface area contributed by atoms with Crippen molar-refractivity contribution in [2.45, 2.75) is 48.4 Å². The van der Waals surface area contributed by atoms with Gasteiger partial charge in [-0.2, -0.15) is 4.31 Å². The first kappa shape index (κ1) is 20.7.